The van der Waals surface area contributed by atoms with Crippen LogP contribution in [0.25, 0.3) is 27.5 Å². The fourth-order valence-corrected chi connectivity index (χ4v) is 13.8. The molecule has 2 nitrogen and oxygen atoms in total. The Hall–Kier alpha value is -6.12. The quantitative estimate of drug-likeness (QED) is 0.178. The number of hydrogen-bond acceptors (Lipinski definition) is 2. The SMILES string of the molecule is CC1(C)c2ccccc2C2=CC=C(N(C3C=CC(C4=CC5CC=CC=C5c5ccccc54)=CC3)C3C=CC(C4=CCCC=C4N4c5cc6ccccc6cc5C5CCC=CC54)CC3)CC21. The molecular formula is C63H60N2. The van der Waals surface area contributed by atoms with Gasteiger partial charge in [0.05, 0.1) is 12.1 Å². The van der Waals surface area contributed by atoms with E-state index >= 15 is 0 Å². The number of fused-ring (bicyclic) bond motifs is 10. The van der Waals surface area contributed by atoms with Gasteiger partial charge in [-0.25, -0.2) is 0 Å². The summed E-state index contributed by atoms with van der Waals surface area (Å²) in [6.07, 6.45) is 47.6. The maximum atomic E-state index is 2.87. The Morgan fingerprint density at radius 3 is 2.29 bits per heavy atom. The molecule has 0 amide bonds. The lowest BCUT2D eigenvalue weighted by Crippen LogP contribution is -2.44. The molecule has 0 radical (unpaired) electrons. The average molecular weight is 845 g/mol. The minimum Gasteiger partial charge on any atom is -0.362 e. The highest BCUT2D eigenvalue weighted by atomic mass is 15.2. The van der Waals surface area contributed by atoms with Gasteiger partial charge in [-0.1, -0.05) is 172 Å². The van der Waals surface area contributed by atoms with Crippen LogP contribution in [0.2, 0.25) is 0 Å². The smallest absolute Gasteiger partial charge is 0.0591 e. The Balaban J connectivity index is 0.829. The van der Waals surface area contributed by atoms with Gasteiger partial charge in [0.15, 0.2) is 0 Å². The fourth-order valence-electron chi connectivity index (χ4n) is 13.8. The molecule has 0 spiro atoms. The van der Waals surface area contributed by atoms with Gasteiger partial charge in [-0.3, -0.25) is 0 Å². The number of nitrogens with zero attached hydrogens (tertiary/aromatic N) is 2. The predicted molar refractivity (Wildman–Crippen MR) is 273 cm³/mol. The van der Waals surface area contributed by atoms with Gasteiger partial charge in [0, 0.05) is 40.9 Å². The molecule has 4 aromatic carbocycles. The van der Waals surface area contributed by atoms with E-state index in [1.807, 2.05) is 0 Å². The third kappa shape index (κ3) is 6.34. The molecule has 7 unspecified atom stereocenters. The summed E-state index contributed by atoms with van der Waals surface area (Å²) in [6, 6.07) is 33.3. The van der Waals surface area contributed by atoms with Crippen molar-refractivity contribution >= 4 is 33.2 Å². The lowest BCUT2D eigenvalue weighted by molar-refractivity contribution is 0.206. The van der Waals surface area contributed by atoms with E-state index in [1.54, 1.807) is 11.1 Å². The highest BCUT2D eigenvalue weighted by Crippen LogP contribution is 2.56. The van der Waals surface area contributed by atoms with Crippen molar-refractivity contribution in [3.8, 4) is 0 Å². The van der Waals surface area contributed by atoms with Crippen LogP contribution in [0.5, 0.6) is 0 Å². The molecular weight excluding hydrogens is 785 g/mol. The van der Waals surface area contributed by atoms with Crippen LogP contribution in [0, 0.1) is 17.8 Å². The van der Waals surface area contributed by atoms with Gasteiger partial charge in [0.25, 0.3) is 0 Å². The molecule has 8 aliphatic carbocycles. The van der Waals surface area contributed by atoms with E-state index in [0.717, 1.165) is 44.9 Å². The predicted octanol–water partition coefficient (Wildman–Crippen LogP) is 15.3. The first-order chi connectivity index (χ1) is 32.0. The lowest BCUT2D eigenvalue weighted by atomic mass is 9.73. The summed E-state index contributed by atoms with van der Waals surface area (Å²) in [5.41, 5.74) is 19.1. The van der Waals surface area contributed by atoms with E-state index in [1.165, 1.54) is 85.2 Å². The van der Waals surface area contributed by atoms with Crippen molar-refractivity contribution in [1.29, 1.82) is 0 Å². The van der Waals surface area contributed by atoms with Crippen LogP contribution >= 0.6 is 0 Å². The van der Waals surface area contributed by atoms with E-state index in [2.05, 4.69) is 200 Å². The topological polar surface area (TPSA) is 6.48 Å². The van der Waals surface area contributed by atoms with Crippen molar-refractivity contribution in [1.82, 2.24) is 4.90 Å². The van der Waals surface area contributed by atoms with Crippen molar-refractivity contribution in [2.24, 2.45) is 17.8 Å². The normalized spacial score (nSPS) is 28.9. The van der Waals surface area contributed by atoms with Crippen LogP contribution < -0.4 is 4.90 Å². The van der Waals surface area contributed by atoms with Crippen LogP contribution in [0.4, 0.5) is 5.69 Å². The van der Waals surface area contributed by atoms with Crippen LogP contribution in [-0.2, 0) is 5.41 Å². The Morgan fingerprint density at radius 1 is 0.631 bits per heavy atom. The van der Waals surface area contributed by atoms with E-state index in [9.17, 15) is 0 Å². The Morgan fingerprint density at radius 2 is 1.45 bits per heavy atom. The standard InChI is InChI=1S/C63H60N2/c1-63(2)58-24-12-9-22-53(58)54-36-35-48(40-59(54)63)64(47-33-29-42(30-34-47)56-38-45-17-5-6-18-49(45)51-20-7-8-21-52(51)56)46-31-27-41(28-32-46)50-19-10-13-25-60(50)65-61-26-14-11-23-55(61)57-37-43-15-3-4-16-44(43)39-62(57)65/h3-9,12,14-16,18-22,24-27,29-31,33,35-39,41,45-47,55,59,61H,10-11,13,17,23,28,32,34,40H2,1-2H3. The highest BCUT2D eigenvalue weighted by molar-refractivity contribution is 5.94. The average Bonchev–Trinajstić information content (AvgIpc) is 3.80. The maximum absolute atomic E-state index is 2.87. The summed E-state index contributed by atoms with van der Waals surface area (Å²) in [4.78, 5) is 5.63. The molecule has 4 aromatic rings. The van der Waals surface area contributed by atoms with Gasteiger partial charge >= 0.3 is 0 Å². The second-order valence-corrected chi connectivity index (χ2v) is 20.7. The number of rotatable bonds is 6. The van der Waals surface area contributed by atoms with Crippen LogP contribution in [0.3, 0.4) is 0 Å². The highest BCUT2D eigenvalue weighted by Gasteiger charge is 2.46. The molecule has 322 valence electrons. The zero-order chi connectivity index (χ0) is 43.2. The lowest BCUT2D eigenvalue weighted by Gasteiger charge is -2.45. The van der Waals surface area contributed by atoms with Crippen LogP contribution in [0.1, 0.15) is 105 Å². The molecule has 0 saturated carbocycles. The molecule has 0 aromatic heterocycles. The number of allylic oxidation sites excluding steroid dienone is 17. The third-order valence-electron chi connectivity index (χ3n) is 17.0. The second kappa shape index (κ2) is 15.5. The number of benzene rings is 4. The molecule has 13 rings (SSSR count). The van der Waals surface area contributed by atoms with Crippen molar-refractivity contribution in [2.45, 2.75) is 101 Å². The van der Waals surface area contributed by atoms with Crippen LogP contribution in [0.15, 0.2) is 199 Å². The molecule has 0 saturated heterocycles. The van der Waals surface area contributed by atoms with Gasteiger partial charge in [0.2, 0.25) is 0 Å². The van der Waals surface area contributed by atoms with Gasteiger partial charge in [-0.2, -0.15) is 0 Å². The molecule has 0 N–H and O–H groups in total. The zero-order valence-electron chi connectivity index (χ0n) is 38.0. The van der Waals surface area contributed by atoms with Crippen molar-refractivity contribution in [2.75, 3.05) is 4.90 Å². The molecule has 1 heterocycles. The fraction of sp³-hybridized carbons (Fsp3) is 0.302. The molecule has 65 heavy (non-hydrogen) atoms. The molecule has 1 aliphatic heterocycles. The number of hydrogen-bond donors (Lipinski definition) is 0. The third-order valence-corrected chi connectivity index (χ3v) is 17.0. The van der Waals surface area contributed by atoms with Gasteiger partial charge in [-0.15, -0.1) is 0 Å². The first kappa shape index (κ1) is 39.3. The first-order valence-corrected chi connectivity index (χ1v) is 24.9. The van der Waals surface area contributed by atoms with Crippen molar-refractivity contribution < 1.29 is 0 Å². The van der Waals surface area contributed by atoms with Gasteiger partial charge in [0.1, 0.15) is 0 Å². The monoisotopic (exact) mass is 844 g/mol. The van der Waals surface area contributed by atoms with Crippen LogP contribution in [-0.4, -0.2) is 23.0 Å². The second-order valence-electron chi connectivity index (χ2n) is 20.7. The van der Waals surface area contributed by atoms with E-state index < -0.39 is 0 Å². The summed E-state index contributed by atoms with van der Waals surface area (Å²) in [5.74, 6) is 1.86. The van der Waals surface area contributed by atoms with E-state index in [-0.39, 0.29) is 5.41 Å². The summed E-state index contributed by atoms with van der Waals surface area (Å²) < 4.78 is 0. The minimum absolute atomic E-state index is 0.0856. The Bertz CT molecular complexity index is 3000. The molecule has 0 fully saturated rings. The minimum atomic E-state index is 0.0856. The van der Waals surface area contributed by atoms with Gasteiger partial charge < -0.3 is 9.80 Å². The summed E-state index contributed by atoms with van der Waals surface area (Å²) in [6.45, 7) is 4.97. The van der Waals surface area contributed by atoms with Crippen molar-refractivity contribution in [3.63, 3.8) is 0 Å². The van der Waals surface area contributed by atoms with E-state index in [0.29, 0.717) is 41.8 Å². The largest absolute Gasteiger partial charge is 0.362 e. The zero-order valence-corrected chi connectivity index (χ0v) is 38.0. The van der Waals surface area contributed by atoms with Gasteiger partial charge in [-0.05, 0) is 154 Å². The maximum Gasteiger partial charge on any atom is 0.0591 e. The summed E-state index contributed by atoms with van der Waals surface area (Å²) >= 11 is 0. The number of anilines is 1. The first-order valence-electron chi connectivity index (χ1n) is 24.9. The summed E-state index contributed by atoms with van der Waals surface area (Å²) in [5, 5.41) is 2.71. The molecule has 9 aliphatic rings. The molecule has 7 atom stereocenters. The summed E-state index contributed by atoms with van der Waals surface area (Å²) in [7, 11) is 0. The Kier molecular flexibility index (Phi) is 9.37. The van der Waals surface area contributed by atoms with Crippen molar-refractivity contribution in [3.05, 3.63) is 226 Å². The molecule has 0 bridgehead atoms. The molecule has 2 heteroatoms. The Labute approximate surface area is 386 Å². The van der Waals surface area contributed by atoms with E-state index in [4.69, 9.17) is 0 Å².